The molecule has 0 spiro atoms. The average molecular weight is 394 g/mol. The minimum atomic E-state index is -0.670. The topological polar surface area (TPSA) is 0 Å². The first-order valence-corrected chi connectivity index (χ1v) is 10.3. The Kier molecular flexibility index (Phi) is 5.49. The first kappa shape index (κ1) is 19.8. The molecule has 0 amide bonds. The van der Waals surface area contributed by atoms with Crippen LogP contribution < -0.4 is 0 Å². The minimum absolute atomic E-state index is 0.0571. The molecule has 150 valence electrons. The lowest BCUT2D eigenvalue weighted by Gasteiger charge is -2.26. The van der Waals surface area contributed by atoms with E-state index in [-0.39, 0.29) is 16.7 Å². The number of hydrogen-bond donors (Lipinski definition) is 0. The van der Waals surface area contributed by atoms with Crippen LogP contribution in [-0.4, -0.2) is 0 Å². The summed E-state index contributed by atoms with van der Waals surface area (Å²) in [6.07, 6.45) is 5.01. The van der Waals surface area contributed by atoms with Gasteiger partial charge in [0.1, 0.15) is 17.5 Å². The van der Waals surface area contributed by atoms with Crippen LogP contribution in [0.4, 0.5) is 13.2 Å². The first-order chi connectivity index (χ1) is 13.9. The molecule has 0 N–H and O–H groups in total. The standard InChI is InChI=1S/C26H25F3/c1-16-3-5-18(6-4-16)19-7-9-20(10-8-19)21-11-12-23(26(29)13-21)22-14-24(27)17(2)25(28)15-22/h7-16,18H,3-6H2,1-2H3. The van der Waals surface area contributed by atoms with E-state index in [0.717, 1.165) is 17.0 Å². The molecule has 0 saturated heterocycles. The highest BCUT2D eigenvalue weighted by molar-refractivity contribution is 5.71. The Bertz CT molecular complexity index is 990. The van der Waals surface area contributed by atoms with Gasteiger partial charge in [-0.15, -0.1) is 0 Å². The zero-order chi connectivity index (χ0) is 20.5. The van der Waals surface area contributed by atoms with Crippen molar-refractivity contribution >= 4 is 0 Å². The van der Waals surface area contributed by atoms with Gasteiger partial charge in [-0.2, -0.15) is 0 Å². The van der Waals surface area contributed by atoms with Gasteiger partial charge in [-0.3, -0.25) is 0 Å². The van der Waals surface area contributed by atoms with Crippen molar-refractivity contribution in [3.8, 4) is 22.3 Å². The fourth-order valence-electron chi connectivity index (χ4n) is 4.27. The predicted molar refractivity (Wildman–Crippen MR) is 112 cm³/mol. The van der Waals surface area contributed by atoms with E-state index in [1.807, 2.05) is 12.1 Å². The van der Waals surface area contributed by atoms with E-state index in [0.29, 0.717) is 5.92 Å². The normalized spacial score (nSPS) is 19.3. The van der Waals surface area contributed by atoms with Crippen molar-refractivity contribution in [2.24, 2.45) is 5.92 Å². The molecule has 1 saturated carbocycles. The molecule has 0 nitrogen and oxygen atoms in total. The molecular weight excluding hydrogens is 369 g/mol. The fourth-order valence-corrected chi connectivity index (χ4v) is 4.27. The van der Waals surface area contributed by atoms with Gasteiger partial charge in [0, 0.05) is 11.1 Å². The molecule has 0 aromatic heterocycles. The molecule has 3 aromatic rings. The number of hydrogen-bond acceptors (Lipinski definition) is 0. The summed E-state index contributed by atoms with van der Waals surface area (Å²) in [5, 5.41) is 0. The highest BCUT2D eigenvalue weighted by Crippen LogP contribution is 2.36. The summed E-state index contributed by atoms with van der Waals surface area (Å²) in [5.74, 6) is -0.393. The van der Waals surface area contributed by atoms with Crippen LogP contribution in [0.1, 0.15) is 49.7 Å². The van der Waals surface area contributed by atoms with E-state index in [9.17, 15) is 13.2 Å². The summed E-state index contributed by atoms with van der Waals surface area (Å²) in [4.78, 5) is 0. The maximum atomic E-state index is 14.7. The molecule has 1 aliphatic rings. The lowest BCUT2D eigenvalue weighted by atomic mass is 9.79. The van der Waals surface area contributed by atoms with Crippen molar-refractivity contribution < 1.29 is 13.2 Å². The molecule has 0 atom stereocenters. The molecule has 0 heterocycles. The molecule has 1 aliphatic carbocycles. The number of halogens is 3. The van der Waals surface area contributed by atoms with Crippen LogP contribution >= 0.6 is 0 Å². The zero-order valence-corrected chi connectivity index (χ0v) is 16.8. The van der Waals surface area contributed by atoms with Gasteiger partial charge >= 0.3 is 0 Å². The van der Waals surface area contributed by atoms with Crippen LogP contribution in [-0.2, 0) is 0 Å². The van der Waals surface area contributed by atoms with E-state index >= 15 is 0 Å². The van der Waals surface area contributed by atoms with Crippen molar-refractivity contribution in [3.05, 3.63) is 83.2 Å². The number of rotatable bonds is 3. The van der Waals surface area contributed by atoms with Crippen LogP contribution in [0.15, 0.2) is 54.6 Å². The summed E-state index contributed by atoms with van der Waals surface area (Å²) in [5.41, 5.74) is 3.38. The molecule has 29 heavy (non-hydrogen) atoms. The monoisotopic (exact) mass is 394 g/mol. The van der Waals surface area contributed by atoms with E-state index in [2.05, 4.69) is 19.1 Å². The van der Waals surface area contributed by atoms with Crippen LogP contribution in [0.5, 0.6) is 0 Å². The zero-order valence-electron chi connectivity index (χ0n) is 16.8. The quantitative estimate of drug-likeness (QED) is 0.422. The molecule has 0 unspecified atom stereocenters. The van der Waals surface area contributed by atoms with Gasteiger partial charge < -0.3 is 0 Å². The third-order valence-corrected chi connectivity index (χ3v) is 6.29. The van der Waals surface area contributed by atoms with Gasteiger partial charge in [-0.05, 0) is 72.1 Å². The van der Waals surface area contributed by atoms with Crippen LogP contribution in [0.2, 0.25) is 0 Å². The largest absolute Gasteiger partial charge is 0.207 e. The molecule has 4 rings (SSSR count). The Hall–Kier alpha value is -2.55. The van der Waals surface area contributed by atoms with Crippen molar-refractivity contribution in [3.63, 3.8) is 0 Å². The Morgan fingerprint density at radius 1 is 0.655 bits per heavy atom. The highest BCUT2D eigenvalue weighted by Gasteiger charge is 2.19. The molecule has 0 aliphatic heterocycles. The molecule has 1 fully saturated rings. The van der Waals surface area contributed by atoms with Crippen LogP contribution in [0.25, 0.3) is 22.3 Å². The third kappa shape index (κ3) is 4.10. The smallest absolute Gasteiger partial charge is 0.131 e. The van der Waals surface area contributed by atoms with Crippen LogP contribution in [0.3, 0.4) is 0 Å². The summed E-state index contributed by atoms with van der Waals surface area (Å²) in [7, 11) is 0. The van der Waals surface area contributed by atoms with Crippen molar-refractivity contribution in [2.75, 3.05) is 0 Å². The molecule has 0 bridgehead atoms. The molecule has 0 radical (unpaired) electrons. The lowest BCUT2D eigenvalue weighted by molar-refractivity contribution is 0.348. The van der Waals surface area contributed by atoms with Crippen LogP contribution in [0, 0.1) is 30.3 Å². The molecule has 3 aromatic carbocycles. The fraction of sp³-hybridized carbons (Fsp3) is 0.308. The van der Waals surface area contributed by atoms with Gasteiger partial charge in [-0.1, -0.05) is 56.2 Å². The molecule has 3 heteroatoms. The van der Waals surface area contributed by atoms with Gasteiger partial charge in [0.15, 0.2) is 0 Å². The van der Waals surface area contributed by atoms with E-state index in [1.54, 1.807) is 12.1 Å². The van der Waals surface area contributed by atoms with Gasteiger partial charge in [0.2, 0.25) is 0 Å². The van der Waals surface area contributed by atoms with Gasteiger partial charge in [0.25, 0.3) is 0 Å². The third-order valence-electron chi connectivity index (χ3n) is 6.29. The van der Waals surface area contributed by atoms with E-state index in [1.165, 1.54) is 56.4 Å². The average Bonchev–Trinajstić information content (AvgIpc) is 2.72. The maximum absolute atomic E-state index is 14.7. The summed E-state index contributed by atoms with van der Waals surface area (Å²) in [6.45, 7) is 3.68. The number of benzene rings is 3. The minimum Gasteiger partial charge on any atom is -0.207 e. The predicted octanol–water partition coefficient (Wildman–Crippen LogP) is 8.04. The van der Waals surface area contributed by atoms with Crippen molar-refractivity contribution in [1.29, 1.82) is 0 Å². The second-order valence-electron chi connectivity index (χ2n) is 8.34. The summed E-state index contributed by atoms with van der Waals surface area (Å²) >= 11 is 0. The Morgan fingerprint density at radius 3 is 1.79 bits per heavy atom. The Morgan fingerprint density at radius 2 is 1.21 bits per heavy atom. The van der Waals surface area contributed by atoms with E-state index < -0.39 is 17.5 Å². The maximum Gasteiger partial charge on any atom is 0.131 e. The summed E-state index contributed by atoms with van der Waals surface area (Å²) < 4.78 is 42.5. The van der Waals surface area contributed by atoms with Gasteiger partial charge in [0.05, 0.1) is 0 Å². The van der Waals surface area contributed by atoms with Gasteiger partial charge in [-0.25, -0.2) is 13.2 Å². The SMILES string of the molecule is Cc1c(F)cc(-c2ccc(-c3ccc(C4CCC(C)CC4)cc3)cc2F)cc1F. The summed E-state index contributed by atoms with van der Waals surface area (Å²) in [6, 6.07) is 15.5. The highest BCUT2D eigenvalue weighted by atomic mass is 19.1. The second kappa shape index (κ2) is 8.06. The van der Waals surface area contributed by atoms with Crippen molar-refractivity contribution in [2.45, 2.75) is 45.4 Å². The first-order valence-electron chi connectivity index (χ1n) is 10.3. The Balaban J connectivity index is 1.58. The van der Waals surface area contributed by atoms with E-state index in [4.69, 9.17) is 0 Å². The Labute approximate surface area is 170 Å². The molecular formula is C26H25F3. The van der Waals surface area contributed by atoms with Crippen molar-refractivity contribution in [1.82, 2.24) is 0 Å². The second-order valence-corrected chi connectivity index (χ2v) is 8.34. The lowest BCUT2D eigenvalue weighted by Crippen LogP contribution is -2.10.